The molecule has 0 heterocycles. The summed E-state index contributed by atoms with van der Waals surface area (Å²) in [6.45, 7) is 2.81. The second-order valence-electron chi connectivity index (χ2n) is 2.55. The second-order valence-corrected chi connectivity index (χ2v) is 3.75. The van der Waals surface area contributed by atoms with Crippen LogP contribution in [0.1, 0.15) is 6.92 Å². The van der Waals surface area contributed by atoms with Gasteiger partial charge in [-0.2, -0.15) is 0 Å². The molecule has 0 bridgehead atoms. The Hall–Kier alpha value is -0.470. The molecule has 0 aliphatic carbocycles. The van der Waals surface area contributed by atoms with Gasteiger partial charge in [-0.25, -0.2) is 0 Å². The zero-order valence-electron chi connectivity index (χ0n) is 7.35. The zero-order chi connectivity index (χ0) is 9.68. The molecule has 1 aromatic rings. The predicted octanol–water partition coefficient (Wildman–Crippen LogP) is 4.09. The fraction of sp³-hybridized carbons (Fsp3) is 0.200. The largest absolute Gasteiger partial charge is 0.381 e. The minimum Gasteiger partial charge on any atom is -0.381 e. The third-order valence-corrected chi connectivity index (χ3v) is 3.00. The topological polar surface area (TPSA) is 12.0 Å². The van der Waals surface area contributed by atoms with Crippen molar-refractivity contribution in [2.24, 2.45) is 0 Å². The van der Waals surface area contributed by atoms with Crippen LogP contribution in [-0.4, -0.2) is 6.54 Å². The van der Waals surface area contributed by atoms with Crippen LogP contribution in [0.4, 0.5) is 5.69 Å². The van der Waals surface area contributed by atoms with Crippen molar-refractivity contribution in [2.45, 2.75) is 6.92 Å². The third kappa shape index (κ3) is 3.05. The number of rotatable bonds is 3. The van der Waals surface area contributed by atoms with Crippen LogP contribution in [0.2, 0.25) is 5.02 Å². The van der Waals surface area contributed by atoms with E-state index in [4.69, 9.17) is 11.6 Å². The van der Waals surface area contributed by atoms with Crippen molar-refractivity contribution < 1.29 is 0 Å². The van der Waals surface area contributed by atoms with E-state index in [0.717, 1.165) is 21.7 Å². The molecule has 0 aliphatic rings. The fourth-order valence-electron chi connectivity index (χ4n) is 0.927. The first-order valence-corrected chi connectivity index (χ1v) is 5.22. The maximum atomic E-state index is 5.92. The van der Waals surface area contributed by atoms with Crippen LogP contribution in [-0.2, 0) is 0 Å². The van der Waals surface area contributed by atoms with Crippen LogP contribution in [0.25, 0.3) is 0 Å². The van der Waals surface area contributed by atoms with Crippen molar-refractivity contribution >= 4 is 33.2 Å². The van der Waals surface area contributed by atoms with Gasteiger partial charge in [-0.05, 0) is 35.0 Å². The van der Waals surface area contributed by atoms with E-state index in [1.54, 1.807) is 0 Å². The van der Waals surface area contributed by atoms with Crippen LogP contribution in [0.15, 0.2) is 34.8 Å². The Balaban J connectivity index is 2.71. The number of halogens is 2. The molecule has 13 heavy (non-hydrogen) atoms. The molecule has 1 aromatic carbocycles. The van der Waals surface area contributed by atoms with Gasteiger partial charge in [0, 0.05) is 6.54 Å². The summed E-state index contributed by atoms with van der Waals surface area (Å²) >= 11 is 9.34. The van der Waals surface area contributed by atoms with E-state index in [9.17, 15) is 0 Å². The van der Waals surface area contributed by atoms with Gasteiger partial charge in [-0.3, -0.25) is 0 Å². The first kappa shape index (κ1) is 10.6. The number of allylic oxidation sites excluding steroid dienone is 1. The number of hydrogen-bond acceptors (Lipinski definition) is 1. The zero-order valence-corrected chi connectivity index (χ0v) is 9.69. The summed E-state index contributed by atoms with van der Waals surface area (Å²) in [5.41, 5.74) is 1.02. The van der Waals surface area contributed by atoms with E-state index in [-0.39, 0.29) is 0 Å². The van der Waals surface area contributed by atoms with Gasteiger partial charge in [0.15, 0.2) is 0 Å². The van der Waals surface area contributed by atoms with Gasteiger partial charge in [0.1, 0.15) is 0 Å². The lowest BCUT2D eigenvalue weighted by atomic mass is 10.3. The fourth-order valence-corrected chi connectivity index (χ4v) is 1.51. The molecule has 0 saturated carbocycles. The molecule has 0 spiro atoms. The van der Waals surface area contributed by atoms with Crippen LogP contribution >= 0.6 is 27.5 Å². The van der Waals surface area contributed by atoms with Gasteiger partial charge in [-0.1, -0.05) is 29.8 Å². The maximum absolute atomic E-state index is 5.92. The van der Waals surface area contributed by atoms with Crippen LogP contribution in [0.3, 0.4) is 0 Å². The van der Waals surface area contributed by atoms with E-state index in [2.05, 4.69) is 21.2 Å². The highest BCUT2D eigenvalue weighted by Gasteiger charge is 2.00. The Morgan fingerprint density at radius 3 is 3.00 bits per heavy atom. The standard InChI is InChI=1S/C10H11BrClN/c1-2-3-7-13-9-6-4-5-8(12)10(9)11/h2-6,13H,7H2,1H3/b3-2+. The average molecular weight is 261 g/mol. The summed E-state index contributed by atoms with van der Waals surface area (Å²) in [6.07, 6.45) is 4.05. The molecule has 0 aromatic heterocycles. The summed E-state index contributed by atoms with van der Waals surface area (Å²) < 4.78 is 0.918. The number of hydrogen-bond donors (Lipinski definition) is 1. The Bertz CT molecular complexity index is 310. The summed E-state index contributed by atoms with van der Waals surface area (Å²) in [7, 11) is 0. The molecule has 70 valence electrons. The van der Waals surface area contributed by atoms with E-state index < -0.39 is 0 Å². The lowest BCUT2D eigenvalue weighted by Crippen LogP contribution is -1.98. The highest BCUT2D eigenvalue weighted by Crippen LogP contribution is 2.29. The Morgan fingerprint density at radius 1 is 1.54 bits per heavy atom. The second kappa shape index (κ2) is 5.30. The molecule has 0 fully saturated rings. The molecule has 1 rings (SSSR count). The molecule has 0 aliphatic heterocycles. The van der Waals surface area contributed by atoms with Crippen molar-refractivity contribution in [1.29, 1.82) is 0 Å². The van der Waals surface area contributed by atoms with Gasteiger partial charge >= 0.3 is 0 Å². The van der Waals surface area contributed by atoms with E-state index in [1.807, 2.05) is 37.3 Å². The van der Waals surface area contributed by atoms with Crippen LogP contribution < -0.4 is 5.32 Å². The smallest absolute Gasteiger partial charge is 0.0593 e. The monoisotopic (exact) mass is 259 g/mol. The summed E-state index contributed by atoms with van der Waals surface area (Å²) in [5.74, 6) is 0. The van der Waals surface area contributed by atoms with Gasteiger partial charge < -0.3 is 5.32 Å². The minimum absolute atomic E-state index is 0.727. The molecular formula is C10H11BrClN. The van der Waals surface area contributed by atoms with Gasteiger partial charge in [0.05, 0.1) is 15.2 Å². The predicted molar refractivity (Wildman–Crippen MR) is 62.5 cm³/mol. The Morgan fingerprint density at radius 2 is 2.31 bits per heavy atom. The first-order chi connectivity index (χ1) is 6.25. The van der Waals surface area contributed by atoms with Gasteiger partial charge in [0.25, 0.3) is 0 Å². The number of nitrogens with one attached hydrogen (secondary N) is 1. The Labute approximate surface area is 91.9 Å². The third-order valence-electron chi connectivity index (χ3n) is 1.60. The van der Waals surface area contributed by atoms with E-state index >= 15 is 0 Å². The van der Waals surface area contributed by atoms with Gasteiger partial charge in [-0.15, -0.1) is 0 Å². The SMILES string of the molecule is C/C=C/CNc1cccc(Cl)c1Br. The van der Waals surface area contributed by atoms with Gasteiger partial charge in [0.2, 0.25) is 0 Å². The highest BCUT2D eigenvalue weighted by molar-refractivity contribution is 9.10. The number of benzene rings is 1. The Kier molecular flexibility index (Phi) is 4.33. The highest BCUT2D eigenvalue weighted by atomic mass is 79.9. The molecule has 1 nitrogen and oxygen atoms in total. The van der Waals surface area contributed by atoms with Crippen molar-refractivity contribution in [3.05, 3.63) is 39.8 Å². The lowest BCUT2D eigenvalue weighted by Gasteiger charge is -2.06. The molecule has 0 atom stereocenters. The van der Waals surface area contributed by atoms with Crippen LogP contribution in [0, 0.1) is 0 Å². The normalized spacial score (nSPS) is 10.7. The summed E-state index contributed by atoms with van der Waals surface area (Å²) in [4.78, 5) is 0. The molecule has 0 amide bonds. The van der Waals surface area contributed by atoms with Crippen molar-refractivity contribution in [1.82, 2.24) is 0 Å². The lowest BCUT2D eigenvalue weighted by molar-refractivity contribution is 1.32. The average Bonchev–Trinajstić information content (AvgIpc) is 2.13. The van der Waals surface area contributed by atoms with Crippen molar-refractivity contribution in [3.63, 3.8) is 0 Å². The molecule has 1 N–H and O–H groups in total. The molecule has 0 radical (unpaired) electrons. The van der Waals surface area contributed by atoms with Crippen LogP contribution in [0.5, 0.6) is 0 Å². The van der Waals surface area contributed by atoms with Crippen molar-refractivity contribution in [2.75, 3.05) is 11.9 Å². The molecule has 3 heteroatoms. The summed E-state index contributed by atoms with van der Waals surface area (Å²) in [5, 5.41) is 3.96. The quantitative estimate of drug-likeness (QED) is 0.807. The summed E-state index contributed by atoms with van der Waals surface area (Å²) in [6, 6.07) is 5.76. The maximum Gasteiger partial charge on any atom is 0.0593 e. The van der Waals surface area contributed by atoms with E-state index in [1.165, 1.54) is 0 Å². The first-order valence-electron chi connectivity index (χ1n) is 4.04. The molecule has 0 unspecified atom stereocenters. The molecule has 0 saturated heterocycles. The van der Waals surface area contributed by atoms with E-state index in [0.29, 0.717) is 0 Å². The minimum atomic E-state index is 0.727. The number of anilines is 1. The van der Waals surface area contributed by atoms with Crippen molar-refractivity contribution in [3.8, 4) is 0 Å². The molecular weight excluding hydrogens is 249 g/mol.